The summed E-state index contributed by atoms with van der Waals surface area (Å²) in [6.45, 7) is 3.92. The Balaban J connectivity index is 2.55. The molecule has 0 fully saturated rings. The molecule has 1 heterocycles. The second kappa shape index (κ2) is 3.83. The van der Waals surface area contributed by atoms with Gasteiger partial charge in [0.05, 0.1) is 6.20 Å². The van der Waals surface area contributed by atoms with Crippen LogP contribution in [0.3, 0.4) is 0 Å². The van der Waals surface area contributed by atoms with Gasteiger partial charge in [-0.3, -0.25) is 4.98 Å². The molecule has 0 amide bonds. The first-order valence-corrected chi connectivity index (χ1v) is 4.36. The largest absolute Gasteiger partial charge is 0.326 e. The van der Waals surface area contributed by atoms with E-state index in [-0.39, 0.29) is 11.4 Å². The number of aromatic nitrogens is 1. The van der Waals surface area contributed by atoms with Crippen LogP contribution in [0.1, 0.15) is 25.8 Å². The number of hydrogen-bond acceptors (Lipinski definition) is 2. The van der Waals surface area contributed by atoms with Gasteiger partial charge in [-0.25, -0.2) is 4.39 Å². The summed E-state index contributed by atoms with van der Waals surface area (Å²) in [6.07, 6.45) is 4.48. The lowest BCUT2D eigenvalue weighted by Crippen LogP contribution is -2.32. The van der Waals surface area contributed by atoms with Gasteiger partial charge in [-0.05, 0) is 38.3 Å². The number of nitrogens with two attached hydrogens (primary N) is 1. The zero-order valence-electron chi connectivity index (χ0n) is 8.05. The van der Waals surface area contributed by atoms with Crippen LogP contribution in [0, 0.1) is 5.82 Å². The molecule has 0 aliphatic carbocycles. The Morgan fingerprint density at radius 1 is 1.46 bits per heavy atom. The van der Waals surface area contributed by atoms with E-state index in [1.807, 2.05) is 13.8 Å². The maximum absolute atomic E-state index is 12.7. The van der Waals surface area contributed by atoms with E-state index in [0.717, 1.165) is 18.4 Å². The van der Waals surface area contributed by atoms with Gasteiger partial charge in [0.1, 0.15) is 5.82 Å². The quantitative estimate of drug-likeness (QED) is 0.775. The van der Waals surface area contributed by atoms with E-state index in [2.05, 4.69) is 4.98 Å². The van der Waals surface area contributed by atoms with Crippen molar-refractivity contribution in [1.82, 2.24) is 4.98 Å². The molecular weight excluding hydrogens is 167 g/mol. The van der Waals surface area contributed by atoms with Crippen molar-refractivity contribution in [2.24, 2.45) is 5.73 Å². The van der Waals surface area contributed by atoms with Gasteiger partial charge in [0, 0.05) is 11.7 Å². The van der Waals surface area contributed by atoms with Gasteiger partial charge in [-0.2, -0.15) is 0 Å². The number of rotatable bonds is 3. The summed E-state index contributed by atoms with van der Waals surface area (Å²) < 4.78 is 12.7. The lowest BCUT2D eigenvalue weighted by atomic mass is 9.97. The molecular formula is C10H15FN2. The van der Waals surface area contributed by atoms with Crippen molar-refractivity contribution in [3.63, 3.8) is 0 Å². The van der Waals surface area contributed by atoms with Crippen LogP contribution in [0.25, 0.3) is 0 Å². The summed E-state index contributed by atoms with van der Waals surface area (Å²) in [7, 11) is 0. The normalized spacial score (nSPS) is 11.7. The number of hydrogen-bond donors (Lipinski definition) is 1. The second-order valence-electron chi connectivity index (χ2n) is 4.00. The van der Waals surface area contributed by atoms with Crippen molar-refractivity contribution in [2.45, 2.75) is 32.2 Å². The number of halogens is 1. The third-order valence-electron chi connectivity index (χ3n) is 1.82. The molecule has 0 unspecified atom stereocenters. The fourth-order valence-corrected chi connectivity index (χ4v) is 1.06. The topological polar surface area (TPSA) is 38.9 Å². The third kappa shape index (κ3) is 3.99. The van der Waals surface area contributed by atoms with Gasteiger partial charge in [-0.15, -0.1) is 0 Å². The van der Waals surface area contributed by atoms with Gasteiger partial charge < -0.3 is 5.73 Å². The van der Waals surface area contributed by atoms with Crippen LogP contribution in [0.15, 0.2) is 18.5 Å². The molecule has 0 spiro atoms. The SMILES string of the molecule is CC(C)(N)CCc1cncc(F)c1. The van der Waals surface area contributed by atoms with Gasteiger partial charge in [0.25, 0.3) is 0 Å². The molecule has 0 aliphatic rings. The van der Waals surface area contributed by atoms with E-state index in [9.17, 15) is 4.39 Å². The molecule has 13 heavy (non-hydrogen) atoms. The van der Waals surface area contributed by atoms with Gasteiger partial charge in [-0.1, -0.05) is 0 Å². The highest BCUT2D eigenvalue weighted by atomic mass is 19.1. The van der Waals surface area contributed by atoms with Crippen molar-refractivity contribution >= 4 is 0 Å². The minimum Gasteiger partial charge on any atom is -0.326 e. The zero-order chi connectivity index (χ0) is 9.90. The maximum Gasteiger partial charge on any atom is 0.141 e. The van der Waals surface area contributed by atoms with Crippen molar-refractivity contribution in [2.75, 3.05) is 0 Å². The highest BCUT2D eigenvalue weighted by molar-refractivity contribution is 5.10. The summed E-state index contributed by atoms with van der Waals surface area (Å²) in [5.74, 6) is -0.285. The van der Waals surface area contributed by atoms with E-state index in [1.165, 1.54) is 12.3 Å². The average Bonchev–Trinajstić information content (AvgIpc) is 2.00. The molecule has 1 rings (SSSR count). The predicted molar refractivity (Wildman–Crippen MR) is 50.8 cm³/mol. The molecule has 2 nitrogen and oxygen atoms in total. The van der Waals surface area contributed by atoms with Crippen LogP contribution in [-0.2, 0) is 6.42 Å². The fourth-order valence-electron chi connectivity index (χ4n) is 1.06. The van der Waals surface area contributed by atoms with Gasteiger partial charge in [0.15, 0.2) is 0 Å². The van der Waals surface area contributed by atoms with Crippen molar-refractivity contribution in [3.8, 4) is 0 Å². The standard InChI is InChI=1S/C10H15FN2/c1-10(2,12)4-3-8-5-9(11)7-13-6-8/h5-7H,3-4,12H2,1-2H3. The zero-order valence-corrected chi connectivity index (χ0v) is 8.05. The molecule has 0 aliphatic heterocycles. The fraction of sp³-hybridized carbons (Fsp3) is 0.500. The molecule has 2 N–H and O–H groups in total. The molecule has 0 atom stereocenters. The average molecular weight is 182 g/mol. The van der Waals surface area contributed by atoms with Gasteiger partial charge >= 0.3 is 0 Å². The van der Waals surface area contributed by atoms with E-state index >= 15 is 0 Å². The third-order valence-corrected chi connectivity index (χ3v) is 1.82. The minimum absolute atomic E-state index is 0.202. The van der Waals surface area contributed by atoms with E-state index in [0.29, 0.717) is 0 Å². The molecule has 72 valence electrons. The maximum atomic E-state index is 12.7. The van der Waals surface area contributed by atoms with E-state index < -0.39 is 0 Å². The Kier molecular flexibility index (Phi) is 2.98. The minimum atomic E-state index is -0.285. The lowest BCUT2D eigenvalue weighted by Gasteiger charge is -2.17. The van der Waals surface area contributed by atoms with Crippen LogP contribution in [0.4, 0.5) is 4.39 Å². The number of aryl methyl sites for hydroxylation is 1. The first-order chi connectivity index (χ1) is 5.97. The lowest BCUT2D eigenvalue weighted by molar-refractivity contribution is 0.475. The summed E-state index contributed by atoms with van der Waals surface area (Å²) in [5.41, 5.74) is 6.51. The van der Waals surface area contributed by atoms with Crippen LogP contribution in [0.2, 0.25) is 0 Å². The molecule has 0 saturated carbocycles. The molecule has 0 saturated heterocycles. The first kappa shape index (κ1) is 10.1. The Morgan fingerprint density at radius 3 is 2.69 bits per heavy atom. The van der Waals surface area contributed by atoms with Crippen LogP contribution in [0.5, 0.6) is 0 Å². The Hall–Kier alpha value is -0.960. The van der Waals surface area contributed by atoms with Gasteiger partial charge in [0.2, 0.25) is 0 Å². The molecule has 0 radical (unpaired) electrons. The van der Waals surface area contributed by atoms with Crippen molar-refractivity contribution < 1.29 is 4.39 Å². The monoisotopic (exact) mass is 182 g/mol. The number of pyridine rings is 1. The van der Waals surface area contributed by atoms with E-state index in [1.54, 1.807) is 6.20 Å². The molecule has 3 heteroatoms. The Labute approximate surface area is 78.0 Å². The summed E-state index contributed by atoms with van der Waals surface area (Å²) in [6, 6.07) is 1.50. The van der Waals surface area contributed by atoms with E-state index in [4.69, 9.17) is 5.73 Å². The summed E-state index contributed by atoms with van der Waals surface area (Å²) >= 11 is 0. The van der Waals surface area contributed by atoms with Crippen LogP contribution in [-0.4, -0.2) is 10.5 Å². The smallest absolute Gasteiger partial charge is 0.141 e. The Bertz CT molecular complexity index is 278. The van der Waals surface area contributed by atoms with Crippen molar-refractivity contribution in [1.29, 1.82) is 0 Å². The molecule has 1 aromatic heterocycles. The predicted octanol–water partition coefficient (Wildman–Crippen LogP) is 1.89. The molecule has 0 aromatic carbocycles. The van der Waals surface area contributed by atoms with Crippen LogP contribution < -0.4 is 5.73 Å². The first-order valence-electron chi connectivity index (χ1n) is 4.36. The van der Waals surface area contributed by atoms with Crippen molar-refractivity contribution in [3.05, 3.63) is 29.8 Å². The Morgan fingerprint density at radius 2 is 2.15 bits per heavy atom. The highest BCUT2D eigenvalue weighted by Gasteiger charge is 2.10. The second-order valence-corrected chi connectivity index (χ2v) is 4.00. The highest BCUT2D eigenvalue weighted by Crippen LogP contribution is 2.10. The summed E-state index contributed by atoms with van der Waals surface area (Å²) in [4.78, 5) is 3.77. The molecule has 0 bridgehead atoms. The van der Waals surface area contributed by atoms with Crippen LogP contribution >= 0.6 is 0 Å². The number of nitrogens with zero attached hydrogens (tertiary/aromatic N) is 1. The molecule has 1 aromatic rings. The summed E-state index contributed by atoms with van der Waals surface area (Å²) in [5, 5.41) is 0.